The minimum absolute atomic E-state index is 0.228. The predicted octanol–water partition coefficient (Wildman–Crippen LogP) is 4.95. The van der Waals surface area contributed by atoms with E-state index < -0.39 is 0 Å². The van der Waals surface area contributed by atoms with Crippen LogP contribution in [0.2, 0.25) is 0 Å². The van der Waals surface area contributed by atoms with Crippen LogP contribution in [0.25, 0.3) is 0 Å². The second-order valence-electron chi connectivity index (χ2n) is 6.39. The quantitative estimate of drug-likeness (QED) is 0.719. The Hall–Kier alpha value is -1.31. The number of carbonyl (C=O) groups is 1. The second kappa shape index (κ2) is 6.92. The average molecular weight is 275 g/mol. The highest BCUT2D eigenvalue weighted by atomic mass is 16.2. The van der Waals surface area contributed by atoms with Gasteiger partial charge in [0.15, 0.2) is 0 Å². The number of benzene rings is 1. The molecule has 0 saturated carbocycles. The van der Waals surface area contributed by atoms with E-state index in [0.29, 0.717) is 0 Å². The highest BCUT2D eigenvalue weighted by molar-refractivity contribution is 5.97. The van der Waals surface area contributed by atoms with Crippen molar-refractivity contribution in [2.75, 3.05) is 4.90 Å². The molecule has 0 bridgehead atoms. The molecule has 112 valence electrons. The van der Waals surface area contributed by atoms with Gasteiger partial charge in [0, 0.05) is 17.1 Å². The molecule has 1 amide bonds. The second-order valence-corrected chi connectivity index (χ2v) is 6.39. The lowest BCUT2D eigenvalue weighted by molar-refractivity contribution is -0.127. The Kier molecular flexibility index (Phi) is 5.79. The third-order valence-electron chi connectivity index (χ3n) is 4.11. The van der Waals surface area contributed by atoms with E-state index in [9.17, 15) is 4.79 Å². The third kappa shape index (κ3) is 3.84. The van der Waals surface area contributed by atoms with Crippen LogP contribution in [0.15, 0.2) is 24.3 Å². The number of hydrogen-bond acceptors (Lipinski definition) is 1. The summed E-state index contributed by atoms with van der Waals surface area (Å²) in [5, 5.41) is 0. The van der Waals surface area contributed by atoms with Crippen LogP contribution in [-0.4, -0.2) is 11.9 Å². The SMILES string of the molecule is CCCC(C)N(C(=O)C(C)(C)CC)c1cccc(C)c1. The molecule has 2 nitrogen and oxygen atoms in total. The lowest BCUT2D eigenvalue weighted by atomic mass is 9.87. The molecule has 1 rings (SSSR count). The first kappa shape index (κ1) is 16.7. The smallest absolute Gasteiger partial charge is 0.232 e. The van der Waals surface area contributed by atoms with Crippen molar-refractivity contribution in [2.24, 2.45) is 5.41 Å². The molecule has 1 aromatic carbocycles. The van der Waals surface area contributed by atoms with Gasteiger partial charge in [-0.1, -0.05) is 46.2 Å². The molecule has 1 atom stereocenters. The van der Waals surface area contributed by atoms with E-state index in [1.165, 1.54) is 5.56 Å². The Morgan fingerprint density at radius 2 is 1.95 bits per heavy atom. The Morgan fingerprint density at radius 1 is 1.30 bits per heavy atom. The summed E-state index contributed by atoms with van der Waals surface area (Å²) in [4.78, 5) is 14.9. The molecule has 0 fully saturated rings. The molecule has 0 N–H and O–H groups in total. The van der Waals surface area contributed by atoms with E-state index in [-0.39, 0.29) is 17.4 Å². The highest BCUT2D eigenvalue weighted by Crippen LogP contribution is 2.29. The number of hydrogen-bond donors (Lipinski definition) is 0. The van der Waals surface area contributed by atoms with Crippen molar-refractivity contribution in [1.29, 1.82) is 0 Å². The summed E-state index contributed by atoms with van der Waals surface area (Å²) in [5.74, 6) is 0.228. The molecule has 20 heavy (non-hydrogen) atoms. The first-order chi connectivity index (χ1) is 9.33. The first-order valence-corrected chi connectivity index (χ1v) is 7.73. The van der Waals surface area contributed by atoms with Gasteiger partial charge in [0.1, 0.15) is 0 Å². The van der Waals surface area contributed by atoms with Gasteiger partial charge in [-0.2, -0.15) is 0 Å². The first-order valence-electron chi connectivity index (χ1n) is 7.73. The minimum atomic E-state index is -0.314. The van der Waals surface area contributed by atoms with Gasteiger partial charge in [-0.15, -0.1) is 0 Å². The minimum Gasteiger partial charge on any atom is -0.309 e. The van der Waals surface area contributed by atoms with Crippen LogP contribution in [-0.2, 0) is 4.79 Å². The maximum absolute atomic E-state index is 12.9. The normalized spacial score (nSPS) is 13.1. The molecule has 0 aliphatic rings. The number of anilines is 1. The summed E-state index contributed by atoms with van der Waals surface area (Å²) in [6.07, 6.45) is 2.97. The maximum Gasteiger partial charge on any atom is 0.232 e. The van der Waals surface area contributed by atoms with Gasteiger partial charge in [-0.25, -0.2) is 0 Å². The van der Waals surface area contributed by atoms with Crippen LogP contribution in [0.1, 0.15) is 59.4 Å². The molecule has 0 heterocycles. The molecule has 0 aromatic heterocycles. The van der Waals surface area contributed by atoms with Crippen LogP contribution < -0.4 is 4.90 Å². The predicted molar refractivity (Wildman–Crippen MR) is 87.1 cm³/mol. The van der Waals surface area contributed by atoms with E-state index in [4.69, 9.17) is 0 Å². The average Bonchev–Trinajstić information content (AvgIpc) is 2.39. The van der Waals surface area contributed by atoms with Crippen LogP contribution in [0, 0.1) is 12.3 Å². The van der Waals surface area contributed by atoms with Crippen molar-refractivity contribution < 1.29 is 4.79 Å². The molecule has 1 unspecified atom stereocenters. The number of nitrogens with zero attached hydrogens (tertiary/aromatic N) is 1. The Balaban J connectivity index is 3.18. The van der Waals surface area contributed by atoms with Gasteiger partial charge in [0.05, 0.1) is 0 Å². The van der Waals surface area contributed by atoms with Gasteiger partial charge >= 0.3 is 0 Å². The fraction of sp³-hybridized carbons (Fsp3) is 0.611. The molecule has 0 radical (unpaired) electrons. The van der Waals surface area contributed by atoms with Crippen LogP contribution in [0.5, 0.6) is 0 Å². The van der Waals surface area contributed by atoms with Crippen molar-refractivity contribution in [1.82, 2.24) is 0 Å². The molecule has 0 saturated heterocycles. The fourth-order valence-corrected chi connectivity index (χ4v) is 2.37. The van der Waals surface area contributed by atoms with Gasteiger partial charge in [0.25, 0.3) is 0 Å². The molecule has 0 spiro atoms. The highest BCUT2D eigenvalue weighted by Gasteiger charge is 2.33. The summed E-state index contributed by atoms with van der Waals surface area (Å²) in [6, 6.07) is 8.49. The van der Waals surface area contributed by atoms with Gasteiger partial charge in [0.2, 0.25) is 5.91 Å². The Labute approximate surface area is 124 Å². The lowest BCUT2D eigenvalue weighted by Crippen LogP contribution is -2.46. The zero-order valence-electron chi connectivity index (χ0n) is 13.9. The summed E-state index contributed by atoms with van der Waals surface area (Å²) >= 11 is 0. The zero-order chi connectivity index (χ0) is 15.3. The summed E-state index contributed by atoms with van der Waals surface area (Å²) in [5.41, 5.74) is 1.90. The zero-order valence-corrected chi connectivity index (χ0v) is 13.9. The van der Waals surface area contributed by atoms with E-state index in [1.54, 1.807) is 0 Å². The Morgan fingerprint density at radius 3 is 2.45 bits per heavy atom. The standard InChI is InChI=1S/C18H29NO/c1-7-10-15(4)19(17(20)18(5,6)8-2)16-12-9-11-14(3)13-16/h9,11-13,15H,7-8,10H2,1-6H3. The largest absolute Gasteiger partial charge is 0.309 e. The number of carbonyl (C=O) groups excluding carboxylic acids is 1. The molecule has 2 heteroatoms. The summed E-state index contributed by atoms with van der Waals surface area (Å²) in [7, 11) is 0. The topological polar surface area (TPSA) is 20.3 Å². The monoisotopic (exact) mass is 275 g/mol. The molecular formula is C18H29NO. The van der Waals surface area contributed by atoms with Crippen LogP contribution >= 0.6 is 0 Å². The lowest BCUT2D eigenvalue weighted by Gasteiger charge is -2.36. The number of amides is 1. The van der Waals surface area contributed by atoms with E-state index in [2.05, 4.69) is 39.8 Å². The van der Waals surface area contributed by atoms with Crippen molar-refractivity contribution in [2.45, 2.75) is 66.8 Å². The van der Waals surface area contributed by atoms with Gasteiger partial charge in [-0.05, 0) is 44.4 Å². The summed E-state index contributed by atoms with van der Waals surface area (Å²) in [6.45, 7) is 12.5. The van der Waals surface area contributed by atoms with E-state index >= 15 is 0 Å². The number of aryl methyl sites for hydroxylation is 1. The molecule has 0 aliphatic carbocycles. The van der Waals surface area contributed by atoms with Crippen molar-refractivity contribution in [3.05, 3.63) is 29.8 Å². The van der Waals surface area contributed by atoms with Crippen molar-refractivity contribution >= 4 is 11.6 Å². The fourth-order valence-electron chi connectivity index (χ4n) is 2.37. The number of rotatable bonds is 6. The van der Waals surface area contributed by atoms with Gasteiger partial charge in [-0.3, -0.25) is 4.79 Å². The van der Waals surface area contributed by atoms with Gasteiger partial charge < -0.3 is 4.90 Å². The molecular weight excluding hydrogens is 246 g/mol. The van der Waals surface area contributed by atoms with Crippen LogP contribution in [0.4, 0.5) is 5.69 Å². The van der Waals surface area contributed by atoms with Crippen LogP contribution in [0.3, 0.4) is 0 Å². The van der Waals surface area contributed by atoms with E-state index in [0.717, 1.165) is 24.9 Å². The Bertz CT molecular complexity index is 450. The third-order valence-corrected chi connectivity index (χ3v) is 4.11. The van der Waals surface area contributed by atoms with E-state index in [1.807, 2.05) is 30.9 Å². The molecule has 1 aromatic rings. The maximum atomic E-state index is 12.9. The summed E-state index contributed by atoms with van der Waals surface area (Å²) < 4.78 is 0. The van der Waals surface area contributed by atoms with Crippen molar-refractivity contribution in [3.63, 3.8) is 0 Å². The van der Waals surface area contributed by atoms with Crippen molar-refractivity contribution in [3.8, 4) is 0 Å². The molecule has 0 aliphatic heterocycles.